The molecule has 0 aromatic heterocycles. The molecule has 0 spiro atoms. The second-order valence-corrected chi connectivity index (χ2v) is 10.2. The quantitative estimate of drug-likeness (QED) is 0.288. The van der Waals surface area contributed by atoms with Crippen LogP contribution >= 0.6 is 23.2 Å². The number of para-hydroxylation sites is 3. The number of amides is 3. The topological polar surface area (TPSA) is 85.9 Å². The SMILES string of the molecule is CCC(C)NC(=O)c1cc(NC(=O)Nc2c(Cl)cccc2Cl)ccc1N1CCN(c2ccccc2OC)CC1. The van der Waals surface area contributed by atoms with E-state index in [1.807, 2.05) is 38.1 Å². The van der Waals surface area contributed by atoms with E-state index in [4.69, 9.17) is 27.9 Å². The Morgan fingerprint density at radius 3 is 2.18 bits per heavy atom. The average molecular weight is 571 g/mol. The van der Waals surface area contributed by atoms with Gasteiger partial charge in [-0.1, -0.05) is 48.3 Å². The highest BCUT2D eigenvalue weighted by Crippen LogP contribution is 2.32. The smallest absolute Gasteiger partial charge is 0.323 e. The lowest BCUT2D eigenvalue weighted by Crippen LogP contribution is -2.47. The predicted molar refractivity (Wildman–Crippen MR) is 160 cm³/mol. The van der Waals surface area contributed by atoms with Gasteiger partial charge in [0.2, 0.25) is 0 Å². The van der Waals surface area contributed by atoms with Gasteiger partial charge in [-0.25, -0.2) is 4.79 Å². The van der Waals surface area contributed by atoms with Crippen LogP contribution < -0.4 is 30.5 Å². The summed E-state index contributed by atoms with van der Waals surface area (Å²) in [6, 6.07) is 17.8. The highest BCUT2D eigenvalue weighted by Gasteiger charge is 2.24. The van der Waals surface area contributed by atoms with Crippen molar-refractivity contribution in [2.75, 3.05) is 53.7 Å². The third-order valence-corrected chi connectivity index (χ3v) is 7.37. The van der Waals surface area contributed by atoms with Gasteiger partial charge in [0.15, 0.2) is 0 Å². The second kappa shape index (κ2) is 13.0. The van der Waals surface area contributed by atoms with Gasteiger partial charge in [0.05, 0.1) is 34.1 Å². The number of urea groups is 1. The molecule has 1 unspecified atom stereocenters. The maximum absolute atomic E-state index is 13.3. The Kier molecular flexibility index (Phi) is 9.43. The molecule has 1 aliphatic heterocycles. The molecule has 1 atom stereocenters. The number of hydrogen-bond acceptors (Lipinski definition) is 5. The lowest BCUT2D eigenvalue weighted by Gasteiger charge is -2.38. The molecule has 39 heavy (non-hydrogen) atoms. The maximum Gasteiger partial charge on any atom is 0.323 e. The van der Waals surface area contributed by atoms with Gasteiger partial charge < -0.3 is 30.5 Å². The number of rotatable bonds is 8. The van der Waals surface area contributed by atoms with Crippen molar-refractivity contribution in [1.29, 1.82) is 0 Å². The van der Waals surface area contributed by atoms with E-state index < -0.39 is 6.03 Å². The normalized spacial score (nSPS) is 14.0. The average Bonchev–Trinajstić information content (AvgIpc) is 2.95. The number of carbonyl (C=O) groups is 2. The second-order valence-electron chi connectivity index (χ2n) is 9.34. The predicted octanol–water partition coefficient (Wildman–Crippen LogP) is 6.50. The van der Waals surface area contributed by atoms with Crippen LogP contribution in [0.15, 0.2) is 60.7 Å². The third kappa shape index (κ3) is 6.88. The number of methoxy groups -OCH3 is 1. The number of halogens is 2. The zero-order valence-corrected chi connectivity index (χ0v) is 23.8. The molecule has 1 fully saturated rings. The highest BCUT2D eigenvalue weighted by atomic mass is 35.5. The number of ether oxygens (including phenoxy) is 1. The van der Waals surface area contributed by atoms with Crippen LogP contribution in [-0.2, 0) is 0 Å². The Bertz CT molecular complexity index is 1310. The minimum atomic E-state index is -0.517. The van der Waals surface area contributed by atoms with Crippen molar-refractivity contribution >= 4 is 57.9 Å². The molecule has 1 aliphatic rings. The molecule has 0 bridgehead atoms. The molecular weight excluding hydrogens is 537 g/mol. The fraction of sp³-hybridized carbons (Fsp3) is 0.310. The minimum absolute atomic E-state index is 0.00928. The molecule has 3 aromatic rings. The Hall–Kier alpha value is -3.62. The number of nitrogens with one attached hydrogen (secondary N) is 3. The molecule has 4 rings (SSSR count). The number of hydrogen-bond donors (Lipinski definition) is 3. The zero-order valence-electron chi connectivity index (χ0n) is 22.3. The minimum Gasteiger partial charge on any atom is -0.495 e. The van der Waals surface area contributed by atoms with E-state index in [1.54, 1.807) is 37.4 Å². The molecule has 0 aliphatic carbocycles. The van der Waals surface area contributed by atoms with Crippen LogP contribution in [0.5, 0.6) is 5.75 Å². The van der Waals surface area contributed by atoms with E-state index in [9.17, 15) is 9.59 Å². The lowest BCUT2D eigenvalue weighted by atomic mass is 10.1. The molecule has 0 saturated carbocycles. The first kappa shape index (κ1) is 28.4. The van der Waals surface area contributed by atoms with Crippen LogP contribution in [-0.4, -0.2) is 51.3 Å². The fourth-order valence-electron chi connectivity index (χ4n) is 4.45. The summed E-state index contributed by atoms with van der Waals surface area (Å²) in [5.41, 5.74) is 3.16. The number of carbonyl (C=O) groups excluding carboxylic acids is 2. The van der Waals surface area contributed by atoms with E-state index in [2.05, 4.69) is 31.8 Å². The van der Waals surface area contributed by atoms with Gasteiger partial charge in [0.25, 0.3) is 5.91 Å². The van der Waals surface area contributed by atoms with Crippen LogP contribution in [0.25, 0.3) is 0 Å². The van der Waals surface area contributed by atoms with Crippen LogP contribution in [0, 0.1) is 0 Å². The summed E-state index contributed by atoms with van der Waals surface area (Å²) >= 11 is 12.4. The number of piperazine rings is 1. The lowest BCUT2D eigenvalue weighted by molar-refractivity contribution is 0.0939. The van der Waals surface area contributed by atoms with Crippen molar-refractivity contribution < 1.29 is 14.3 Å². The number of nitrogens with zero attached hydrogens (tertiary/aromatic N) is 2. The van der Waals surface area contributed by atoms with Crippen molar-refractivity contribution in [1.82, 2.24) is 5.32 Å². The Balaban J connectivity index is 1.53. The Labute approximate surface area is 239 Å². The van der Waals surface area contributed by atoms with Crippen molar-refractivity contribution in [3.8, 4) is 5.75 Å². The summed E-state index contributed by atoms with van der Waals surface area (Å²) < 4.78 is 5.54. The fourth-order valence-corrected chi connectivity index (χ4v) is 4.94. The van der Waals surface area contributed by atoms with Gasteiger partial charge in [0.1, 0.15) is 5.75 Å². The summed E-state index contributed by atoms with van der Waals surface area (Å²) in [6.45, 7) is 6.97. The molecule has 0 radical (unpaired) electrons. The van der Waals surface area contributed by atoms with Gasteiger partial charge in [-0.15, -0.1) is 0 Å². The van der Waals surface area contributed by atoms with E-state index in [0.29, 0.717) is 27.0 Å². The Morgan fingerprint density at radius 1 is 0.897 bits per heavy atom. The molecule has 3 aromatic carbocycles. The van der Waals surface area contributed by atoms with Crippen molar-refractivity contribution in [2.24, 2.45) is 0 Å². The molecule has 1 saturated heterocycles. The molecule has 3 N–H and O–H groups in total. The molecule has 10 heteroatoms. The van der Waals surface area contributed by atoms with Gasteiger partial charge in [0, 0.05) is 43.6 Å². The first-order valence-corrected chi connectivity index (χ1v) is 13.7. The summed E-state index contributed by atoms with van der Waals surface area (Å²) in [5.74, 6) is 0.649. The van der Waals surface area contributed by atoms with Crippen molar-refractivity contribution in [2.45, 2.75) is 26.3 Å². The molecule has 3 amide bonds. The maximum atomic E-state index is 13.3. The summed E-state index contributed by atoms with van der Waals surface area (Å²) in [6.07, 6.45) is 0.803. The number of anilines is 4. The van der Waals surface area contributed by atoms with Crippen LogP contribution in [0.2, 0.25) is 10.0 Å². The zero-order chi connectivity index (χ0) is 27.9. The number of benzene rings is 3. The molecule has 8 nitrogen and oxygen atoms in total. The van der Waals surface area contributed by atoms with Gasteiger partial charge in [-0.2, -0.15) is 0 Å². The van der Waals surface area contributed by atoms with Crippen LogP contribution in [0.1, 0.15) is 30.6 Å². The monoisotopic (exact) mass is 569 g/mol. The van der Waals surface area contributed by atoms with E-state index in [0.717, 1.165) is 49.7 Å². The van der Waals surface area contributed by atoms with Gasteiger partial charge >= 0.3 is 6.03 Å². The first-order valence-electron chi connectivity index (χ1n) is 12.9. The van der Waals surface area contributed by atoms with E-state index in [-0.39, 0.29) is 11.9 Å². The third-order valence-electron chi connectivity index (χ3n) is 6.74. The standard InChI is InChI=1S/C29H33Cl2N5O3/c1-4-19(2)32-28(37)21-18-20(33-29(38)34-27-22(30)8-7-9-23(27)31)12-13-24(21)35-14-16-36(17-15-35)25-10-5-6-11-26(25)39-3/h5-13,18-19H,4,14-17H2,1-3H3,(H,32,37)(H2,33,34,38). The Morgan fingerprint density at radius 2 is 1.54 bits per heavy atom. The highest BCUT2D eigenvalue weighted by molar-refractivity contribution is 6.39. The summed E-state index contributed by atoms with van der Waals surface area (Å²) in [4.78, 5) is 30.6. The van der Waals surface area contributed by atoms with Crippen LogP contribution in [0.4, 0.5) is 27.5 Å². The summed E-state index contributed by atoms with van der Waals surface area (Å²) in [7, 11) is 1.68. The van der Waals surface area contributed by atoms with E-state index >= 15 is 0 Å². The first-order chi connectivity index (χ1) is 18.8. The van der Waals surface area contributed by atoms with Crippen molar-refractivity contribution in [3.63, 3.8) is 0 Å². The molecule has 206 valence electrons. The van der Waals surface area contributed by atoms with Gasteiger partial charge in [-0.3, -0.25) is 4.79 Å². The van der Waals surface area contributed by atoms with Gasteiger partial charge in [-0.05, 0) is 55.8 Å². The van der Waals surface area contributed by atoms with Crippen LogP contribution in [0.3, 0.4) is 0 Å². The molecule has 1 heterocycles. The molecular formula is C29H33Cl2N5O3. The largest absolute Gasteiger partial charge is 0.495 e. The van der Waals surface area contributed by atoms with E-state index in [1.165, 1.54) is 0 Å². The summed E-state index contributed by atoms with van der Waals surface area (Å²) in [5, 5.41) is 9.18. The van der Waals surface area contributed by atoms with Crippen molar-refractivity contribution in [3.05, 3.63) is 76.3 Å².